The van der Waals surface area contributed by atoms with Crippen molar-refractivity contribution in [2.24, 2.45) is 10.2 Å². The second-order valence-corrected chi connectivity index (χ2v) is 5.95. The number of nitrogens with zero attached hydrogens (tertiary/aromatic N) is 4. The van der Waals surface area contributed by atoms with E-state index < -0.39 is 0 Å². The molecule has 2 aromatic rings. The van der Waals surface area contributed by atoms with Crippen molar-refractivity contribution in [2.45, 2.75) is 0 Å². The molecule has 0 heterocycles. The number of thiocarbonyl (C=S) groups is 2. The molecule has 0 bridgehead atoms. The SMILES string of the molecule is CN(C(=S)NN=C/C=N/NC(=S)N(C)c1ccccc1)c1ccccc1. The molecule has 8 heteroatoms. The van der Waals surface area contributed by atoms with E-state index in [1.165, 1.54) is 12.4 Å². The Morgan fingerprint density at radius 3 is 1.42 bits per heavy atom. The van der Waals surface area contributed by atoms with Crippen LogP contribution in [0.2, 0.25) is 0 Å². The first-order valence-corrected chi connectivity index (χ1v) is 8.63. The highest BCUT2D eigenvalue weighted by Crippen LogP contribution is 2.11. The van der Waals surface area contributed by atoms with Crippen LogP contribution in [0.25, 0.3) is 0 Å². The van der Waals surface area contributed by atoms with Gasteiger partial charge in [0.15, 0.2) is 10.2 Å². The predicted octanol–water partition coefficient (Wildman–Crippen LogP) is 2.98. The van der Waals surface area contributed by atoms with Gasteiger partial charge in [0, 0.05) is 25.5 Å². The first-order valence-electron chi connectivity index (χ1n) is 7.82. The van der Waals surface area contributed by atoms with Gasteiger partial charge in [-0.15, -0.1) is 0 Å². The number of benzene rings is 2. The van der Waals surface area contributed by atoms with Gasteiger partial charge in [-0.05, 0) is 48.7 Å². The number of hydrazone groups is 2. The lowest BCUT2D eigenvalue weighted by Crippen LogP contribution is -2.34. The van der Waals surface area contributed by atoms with Crippen molar-refractivity contribution in [1.29, 1.82) is 0 Å². The van der Waals surface area contributed by atoms with E-state index in [-0.39, 0.29) is 0 Å². The smallest absolute Gasteiger partial charge is 0.193 e. The number of anilines is 2. The molecule has 0 radical (unpaired) electrons. The Bertz CT molecular complexity index is 709. The Hall–Kier alpha value is -2.84. The summed E-state index contributed by atoms with van der Waals surface area (Å²) in [6.07, 6.45) is 2.98. The summed E-state index contributed by atoms with van der Waals surface area (Å²) < 4.78 is 0. The summed E-state index contributed by atoms with van der Waals surface area (Å²) in [7, 11) is 3.74. The maximum absolute atomic E-state index is 5.28. The lowest BCUT2D eigenvalue weighted by atomic mass is 10.3. The Labute approximate surface area is 164 Å². The number of hydrogen-bond acceptors (Lipinski definition) is 4. The van der Waals surface area contributed by atoms with Crippen LogP contribution in [0.1, 0.15) is 0 Å². The number of para-hydroxylation sites is 2. The van der Waals surface area contributed by atoms with Crippen LogP contribution >= 0.6 is 24.4 Å². The lowest BCUT2D eigenvalue weighted by Gasteiger charge is -2.19. The summed E-state index contributed by atoms with van der Waals surface area (Å²) in [4.78, 5) is 3.65. The van der Waals surface area contributed by atoms with E-state index in [0.717, 1.165) is 11.4 Å². The highest BCUT2D eigenvalue weighted by Gasteiger charge is 2.05. The minimum absolute atomic E-state index is 0.480. The van der Waals surface area contributed by atoms with Crippen LogP contribution < -0.4 is 20.7 Å². The average molecular weight is 385 g/mol. The fraction of sp³-hybridized carbons (Fsp3) is 0.111. The van der Waals surface area contributed by atoms with Gasteiger partial charge in [-0.25, -0.2) is 0 Å². The van der Waals surface area contributed by atoms with E-state index in [4.69, 9.17) is 24.4 Å². The summed E-state index contributed by atoms with van der Waals surface area (Å²) in [6, 6.07) is 19.6. The zero-order valence-electron chi connectivity index (χ0n) is 14.5. The molecule has 0 aromatic heterocycles. The Morgan fingerprint density at radius 2 is 1.08 bits per heavy atom. The van der Waals surface area contributed by atoms with Crippen LogP contribution in [-0.2, 0) is 0 Å². The molecule has 0 unspecified atom stereocenters. The molecule has 134 valence electrons. The van der Waals surface area contributed by atoms with Gasteiger partial charge in [-0.3, -0.25) is 10.9 Å². The molecule has 0 aliphatic rings. The third-order valence-corrected chi connectivity index (χ3v) is 4.16. The molecule has 0 saturated heterocycles. The van der Waals surface area contributed by atoms with Crippen molar-refractivity contribution < 1.29 is 0 Å². The zero-order chi connectivity index (χ0) is 18.8. The Morgan fingerprint density at radius 1 is 0.731 bits per heavy atom. The van der Waals surface area contributed by atoms with Crippen molar-refractivity contribution >= 4 is 58.5 Å². The number of nitrogens with one attached hydrogen (secondary N) is 2. The van der Waals surface area contributed by atoms with Gasteiger partial charge in [0.1, 0.15) is 0 Å². The topological polar surface area (TPSA) is 55.3 Å². The minimum atomic E-state index is 0.480. The zero-order valence-corrected chi connectivity index (χ0v) is 16.2. The molecule has 0 aliphatic heterocycles. The van der Waals surface area contributed by atoms with Crippen LogP contribution in [0.5, 0.6) is 0 Å². The Balaban J connectivity index is 1.76. The molecule has 0 saturated carbocycles. The van der Waals surface area contributed by atoms with E-state index in [1.54, 1.807) is 0 Å². The summed E-state index contributed by atoms with van der Waals surface area (Å²) in [5.41, 5.74) is 7.52. The molecule has 0 aliphatic carbocycles. The van der Waals surface area contributed by atoms with Gasteiger partial charge >= 0.3 is 0 Å². The van der Waals surface area contributed by atoms with Crippen LogP contribution in [0.15, 0.2) is 70.9 Å². The summed E-state index contributed by atoms with van der Waals surface area (Å²) in [5, 5.41) is 8.99. The highest BCUT2D eigenvalue weighted by molar-refractivity contribution is 7.80. The third kappa shape index (κ3) is 5.91. The lowest BCUT2D eigenvalue weighted by molar-refractivity contribution is 1.01. The second-order valence-electron chi connectivity index (χ2n) is 5.18. The molecular formula is C18H20N6S2. The average Bonchev–Trinajstić information content (AvgIpc) is 2.70. The van der Waals surface area contributed by atoms with Gasteiger partial charge in [0.2, 0.25) is 0 Å². The Kier molecular flexibility index (Phi) is 7.66. The van der Waals surface area contributed by atoms with Crippen molar-refractivity contribution in [3.63, 3.8) is 0 Å². The van der Waals surface area contributed by atoms with E-state index in [0.29, 0.717) is 10.2 Å². The fourth-order valence-electron chi connectivity index (χ4n) is 1.94. The molecule has 26 heavy (non-hydrogen) atoms. The summed E-state index contributed by atoms with van der Waals surface area (Å²) in [5.74, 6) is 0. The van der Waals surface area contributed by atoms with E-state index in [1.807, 2.05) is 84.6 Å². The van der Waals surface area contributed by atoms with Crippen LogP contribution in [-0.4, -0.2) is 36.7 Å². The summed E-state index contributed by atoms with van der Waals surface area (Å²) in [6.45, 7) is 0. The maximum atomic E-state index is 5.28. The first-order chi connectivity index (χ1) is 12.6. The molecule has 6 nitrogen and oxygen atoms in total. The highest BCUT2D eigenvalue weighted by atomic mass is 32.1. The van der Waals surface area contributed by atoms with Gasteiger partial charge in [-0.1, -0.05) is 36.4 Å². The third-order valence-electron chi connectivity index (χ3n) is 3.43. The molecule has 0 amide bonds. The largest absolute Gasteiger partial charge is 0.321 e. The molecule has 0 fully saturated rings. The van der Waals surface area contributed by atoms with Crippen LogP contribution in [0, 0.1) is 0 Å². The van der Waals surface area contributed by atoms with Gasteiger partial charge in [0.05, 0.1) is 12.4 Å². The van der Waals surface area contributed by atoms with Crippen molar-refractivity contribution in [1.82, 2.24) is 10.9 Å². The first kappa shape index (κ1) is 19.5. The second kappa shape index (κ2) is 10.2. The standard InChI is InChI=1S/C18H20N6S2/c1-23(15-9-5-3-6-10-15)17(25)21-19-13-14-20-22-18(26)24(2)16-11-7-4-8-12-16/h3-14H,1-2H3,(H,21,25)(H,22,26)/b19-13+,20-14?. The van der Waals surface area contributed by atoms with E-state index in [2.05, 4.69) is 21.1 Å². The van der Waals surface area contributed by atoms with Crippen molar-refractivity contribution in [2.75, 3.05) is 23.9 Å². The van der Waals surface area contributed by atoms with Gasteiger partial charge in [0.25, 0.3) is 0 Å². The molecule has 0 spiro atoms. The van der Waals surface area contributed by atoms with Crippen molar-refractivity contribution in [3.05, 3.63) is 60.7 Å². The van der Waals surface area contributed by atoms with Crippen LogP contribution in [0.4, 0.5) is 11.4 Å². The molecule has 0 atom stereocenters. The molecular weight excluding hydrogens is 364 g/mol. The fourth-order valence-corrected chi connectivity index (χ4v) is 2.26. The molecule has 2 rings (SSSR count). The number of rotatable bonds is 5. The molecule has 2 N–H and O–H groups in total. The molecule has 2 aromatic carbocycles. The monoisotopic (exact) mass is 384 g/mol. The number of hydrogen-bond donors (Lipinski definition) is 2. The quantitative estimate of drug-likeness (QED) is 0.470. The normalized spacial score (nSPS) is 10.7. The summed E-state index contributed by atoms with van der Waals surface area (Å²) >= 11 is 10.6. The van der Waals surface area contributed by atoms with Crippen molar-refractivity contribution in [3.8, 4) is 0 Å². The van der Waals surface area contributed by atoms with E-state index in [9.17, 15) is 0 Å². The maximum Gasteiger partial charge on any atom is 0.193 e. The van der Waals surface area contributed by atoms with E-state index >= 15 is 0 Å². The van der Waals surface area contributed by atoms with Crippen LogP contribution in [0.3, 0.4) is 0 Å². The minimum Gasteiger partial charge on any atom is -0.321 e. The predicted molar refractivity (Wildman–Crippen MR) is 118 cm³/mol. The van der Waals surface area contributed by atoms with Gasteiger partial charge < -0.3 is 9.80 Å². The van der Waals surface area contributed by atoms with Gasteiger partial charge in [-0.2, -0.15) is 10.2 Å².